The van der Waals surface area contributed by atoms with E-state index in [9.17, 15) is 15.0 Å². The summed E-state index contributed by atoms with van der Waals surface area (Å²) in [7, 11) is 0. The van der Waals surface area contributed by atoms with Crippen molar-refractivity contribution in [2.75, 3.05) is 6.61 Å². The second-order valence-electron chi connectivity index (χ2n) is 4.96. The number of carbonyl (C=O) groups excluding carboxylic acids is 1. The smallest absolute Gasteiger partial charge is 0.306 e. The van der Waals surface area contributed by atoms with Crippen LogP contribution in [0.3, 0.4) is 0 Å². The maximum atomic E-state index is 11.6. The van der Waals surface area contributed by atoms with Crippen molar-refractivity contribution in [2.45, 2.75) is 19.3 Å². The highest BCUT2D eigenvalue weighted by atomic mass is 16.5. The van der Waals surface area contributed by atoms with Gasteiger partial charge in [-0.15, -0.1) is 0 Å². The van der Waals surface area contributed by atoms with Crippen molar-refractivity contribution < 1.29 is 24.9 Å². The van der Waals surface area contributed by atoms with E-state index in [1.54, 1.807) is 30.3 Å². The molecule has 2 rings (SSSR count). The van der Waals surface area contributed by atoms with Crippen LogP contribution in [0.1, 0.15) is 17.5 Å². The molecule has 5 heteroatoms. The van der Waals surface area contributed by atoms with Crippen LogP contribution >= 0.6 is 0 Å². The van der Waals surface area contributed by atoms with Gasteiger partial charge in [-0.25, -0.2) is 0 Å². The van der Waals surface area contributed by atoms with Crippen LogP contribution in [-0.4, -0.2) is 27.9 Å². The lowest BCUT2D eigenvalue weighted by molar-refractivity contribution is -0.143. The van der Waals surface area contributed by atoms with Gasteiger partial charge < -0.3 is 20.1 Å². The van der Waals surface area contributed by atoms with Crippen LogP contribution in [0.4, 0.5) is 0 Å². The summed E-state index contributed by atoms with van der Waals surface area (Å²) in [5, 5.41) is 27.7. The van der Waals surface area contributed by atoms with E-state index in [4.69, 9.17) is 9.84 Å². The van der Waals surface area contributed by atoms with Crippen LogP contribution in [-0.2, 0) is 22.4 Å². The monoisotopic (exact) mass is 302 g/mol. The normalized spacial score (nSPS) is 10.4. The third kappa shape index (κ3) is 4.70. The summed E-state index contributed by atoms with van der Waals surface area (Å²) in [5.41, 5.74) is 1.74. The van der Waals surface area contributed by atoms with Crippen molar-refractivity contribution >= 4 is 5.97 Å². The molecular formula is C17H18O5. The zero-order valence-electron chi connectivity index (χ0n) is 12.0. The average Bonchev–Trinajstić information content (AvgIpc) is 2.50. The third-order valence-corrected chi connectivity index (χ3v) is 3.25. The predicted molar refractivity (Wildman–Crippen MR) is 80.9 cm³/mol. The van der Waals surface area contributed by atoms with Crippen LogP contribution in [0.25, 0.3) is 0 Å². The first-order valence-electron chi connectivity index (χ1n) is 6.99. The molecule has 0 aliphatic carbocycles. The minimum absolute atomic E-state index is 0.180. The minimum Gasteiger partial charge on any atom is -0.508 e. The van der Waals surface area contributed by atoms with E-state index in [1.165, 1.54) is 12.1 Å². The minimum atomic E-state index is -0.314. The molecule has 0 saturated carbocycles. The summed E-state index contributed by atoms with van der Waals surface area (Å²) >= 11 is 0. The summed E-state index contributed by atoms with van der Waals surface area (Å²) in [5.74, 6) is -0.484. The number of phenolic OH excluding ortho intramolecular Hbond substituents is 3. The molecule has 2 aromatic carbocycles. The topological polar surface area (TPSA) is 87.0 Å². The lowest BCUT2D eigenvalue weighted by Crippen LogP contribution is -2.08. The van der Waals surface area contributed by atoms with Crippen molar-refractivity contribution in [3.8, 4) is 17.2 Å². The van der Waals surface area contributed by atoms with Crippen molar-refractivity contribution in [3.05, 3.63) is 53.6 Å². The molecule has 0 atom stereocenters. The first kappa shape index (κ1) is 15.7. The molecule has 0 unspecified atom stereocenters. The van der Waals surface area contributed by atoms with Crippen molar-refractivity contribution in [2.24, 2.45) is 0 Å². The number of carbonyl (C=O) groups is 1. The van der Waals surface area contributed by atoms with E-state index in [-0.39, 0.29) is 36.2 Å². The van der Waals surface area contributed by atoms with Gasteiger partial charge in [0.2, 0.25) is 0 Å². The molecule has 0 aliphatic heterocycles. The van der Waals surface area contributed by atoms with Crippen molar-refractivity contribution in [1.82, 2.24) is 0 Å². The molecule has 0 saturated heterocycles. The largest absolute Gasteiger partial charge is 0.508 e. The number of benzene rings is 2. The summed E-state index contributed by atoms with van der Waals surface area (Å²) < 4.78 is 5.14. The number of ether oxygens (including phenoxy) is 1. The first-order valence-corrected chi connectivity index (χ1v) is 6.99. The lowest BCUT2D eigenvalue weighted by atomic mass is 10.1. The second-order valence-corrected chi connectivity index (χ2v) is 4.96. The highest BCUT2D eigenvalue weighted by Crippen LogP contribution is 2.25. The van der Waals surface area contributed by atoms with E-state index in [0.29, 0.717) is 12.8 Å². The highest BCUT2D eigenvalue weighted by molar-refractivity contribution is 5.69. The number of aryl methyl sites for hydroxylation is 1. The Morgan fingerprint density at radius 3 is 2.23 bits per heavy atom. The number of phenols is 3. The van der Waals surface area contributed by atoms with Gasteiger partial charge in [-0.3, -0.25) is 4.79 Å². The van der Waals surface area contributed by atoms with Crippen LogP contribution in [0, 0.1) is 0 Å². The van der Waals surface area contributed by atoms with Crippen LogP contribution < -0.4 is 0 Å². The lowest BCUT2D eigenvalue weighted by Gasteiger charge is -2.06. The SMILES string of the molecule is O=C(CCc1ccc(O)c(O)c1)OCCc1ccc(O)cc1. The average molecular weight is 302 g/mol. The fraction of sp³-hybridized carbons (Fsp3) is 0.235. The standard InChI is InChI=1S/C17H18O5/c18-14-5-1-12(2-6-14)9-10-22-17(21)8-4-13-3-7-15(19)16(20)11-13/h1-3,5-7,11,18-20H,4,8-10H2. The van der Waals surface area contributed by atoms with Crippen LogP contribution in [0.5, 0.6) is 17.2 Å². The second kappa shape index (κ2) is 7.36. The van der Waals surface area contributed by atoms with Gasteiger partial charge in [0.25, 0.3) is 0 Å². The Bertz CT molecular complexity index is 634. The van der Waals surface area contributed by atoms with E-state index < -0.39 is 0 Å². The van der Waals surface area contributed by atoms with Crippen molar-refractivity contribution in [1.29, 1.82) is 0 Å². The van der Waals surface area contributed by atoms with Crippen LogP contribution in [0.2, 0.25) is 0 Å². The van der Waals surface area contributed by atoms with Gasteiger partial charge in [-0.05, 0) is 41.8 Å². The summed E-state index contributed by atoms with van der Waals surface area (Å²) in [6, 6.07) is 11.2. The van der Waals surface area contributed by atoms with Gasteiger partial charge in [0.15, 0.2) is 11.5 Å². The Morgan fingerprint density at radius 1 is 0.864 bits per heavy atom. The molecule has 22 heavy (non-hydrogen) atoms. The fourth-order valence-corrected chi connectivity index (χ4v) is 1.99. The summed E-state index contributed by atoms with van der Waals surface area (Å²) in [4.78, 5) is 11.6. The molecule has 2 aromatic rings. The van der Waals surface area contributed by atoms with Gasteiger partial charge >= 0.3 is 5.97 Å². The zero-order chi connectivity index (χ0) is 15.9. The Kier molecular flexibility index (Phi) is 5.25. The molecule has 116 valence electrons. The predicted octanol–water partition coefficient (Wildman–Crippen LogP) is 2.52. The van der Waals surface area contributed by atoms with E-state index >= 15 is 0 Å². The Labute approximate surface area is 128 Å². The van der Waals surface area contributed by atoms with Crippen LogP contribution in [0.15, 0.2) is 42.5 Å². The molecule has 0 amide bonds. The molecule has 3 N–H and O–H groups in total. The van der Waals surface area contributed by atoms with Gasteiger partial charge in [-0.1, -0.05) is 18.2 Å². The van der Waals surface area contributed by atoms with Gasteiger partial charge in [0.05, 0.1) is 6.61 Å². The van der Waals surface area contributed by atoms with Crippen molar-refractivity contribution in [3.63, 3.8) is 0 Å². The quantitative estimate of drug-likeness (QED) is 0.564. The first-order chi connectivity index (χ1) is 10.5. The fourth-order valence-electron chi connectivity index (χ4n) is 1.99. The molecule has 0 aromatic heterocycles. The maximum Gasteiger partial charge on any atom is 0.306 e. The Balaban J connectivity index is 1.71. The highest BCUT2D eigenvalue weighted by Gasteiger charge is 2.06. The summed E-state index contributed by atoms with van der Waals surface area (Å²) in [6.07, 6.45) is 1.23. The van der Waals surface area contributed by atoms with E-state index in [0.717, 1.165) is 11.1 Å². The molecular weight excluding hydrogens is 284 g/mol. The number of hydrogen-bond acceptors (Lipinski definition) is 5. The van der Waals surface area contributed by atoms with Gasteiger partial charge in [-0.2, -0.15) is 0 Å². The molecule has 0 fully saturated rings. The number of rotatable bonds is 6. The Morgan fingerprint density at radius 2 is 1.55 bits per heavy atom. The van der Waals surface area contributed by atoms with Gasteiger partial charge in [0.1, 0.15) is 5.75 Å². The maximum absolute atomic E-state index is 11.6. The van der Waals surface area contributed by atoms with Gasteiger partial charge in [0, 0.05) is 12.8 Å². The molecule has 0 bridgehead atoms. The third-order valence-electron chi connectivity index (χ3n) is 3.25. The zero-order valence-corrected chi connectivity index (χ0v) is 12.0. The summed E-state index contributed by atoms with van der Waals surface area (Å²) in [6.45, 7) is 0.282. The molecule has 0 heterocycles. The molecule has 5 nitrogen and oxygen atoms in total. The number of hydrogen-bond donors (Lipinski definition) is 3. The molecule has 0 aliphatic rings. The number of esters is 1. The molecule has 0 radical (unpaired) electrons. The number of aromatic hydroxyl groups is 3. The molecule has 0 spiro atoms. The van der Waals surface area contributed by atoms with E-state index in [1.807, 2.05) is 0 Å². The Hall–Kier alpha value is -2.69. The van der Waals surface area contributed by atoms with E-state index in [2.05, 4.69) is 0 Å².